The maximum Gasteiger partial charge on any atom is 0.368 e. The molecule has 0 spiro atoms. The standard InChI is InChI=1S/C25H32FN9O3/c1-33-25(36)35(32-31-33)21-11-17(7-8-22(21)38-18-14-37-15-18)29-24-28-13-19(26)23(30-24)27-12-16-5-4-10-34-9-3-2-6-20(16)34/h7-8,11,13,16,18,20H,2-6,9-10,12,14-15H2,1H3,(H2,27,28,29,30)/t16-,20+/m0/s1. The van der Waals surface area contributed by atoms with Crippen LogP contribution in [0.15, 0.2) is 29.2 Å². The van der Waals surface area contributed by atoms with E-state index in [9.17, 15) is 9.18 Å². The summed E-state index contributed by atoms with van der Waals surface area (Å²) in [5.41, 5.74) is 0.577. The van der Waals surface area contributed by atoms with Gasteiger partial charge in [-0.1, -0.05) is 6.42 Å². The summed E-state index contributed by atoms with van der Waals surface area (Å²) in [4.78, 5) is 23.7. The molecule has 12 nitrogen and oxygen atoms in total. The lowest BCUT2D eigenvalue weighted by atomic mass is 9.83. The van der Waals surface area contributed by atoms with Gasteiger partial charge in [0.15, 0.2) is 11.6 Å². The summed E-state index contributed by atoms with van der Waals surface area (Å²) in [6, 6.07) is 5.77. The van der Waals surface area contributed by atoms with E-state index in [0.29, 0.717) is 48.8 Å². The topological polar surface area (TPSA) is 124 Å². The van der Waals surface area contributed by atoms with Gasteiger partial charge in [0.1, 0.15) is 17.5 Å². The molecule has 0 amide bonds. The van der Waals surface area contributed by atoms with E-state index in [1.807, 2.05) is 0 Å². The zero-order chi connectivity index (χ0) is 26.1. The Bertz CT molecular complexity index is 1340. The Kier molecular flexibility index (Phi) is 6.94. The van der Waals surface area contributed by atoms with Crippen LogP contribution in [-0.4, -0.2) is 79.7 Å². The number of nitrogens with one attached hydrogen (secondary N) is 2. The van der Waals surface area contributed by atoms with E-state index < -0.39 is 11.5 Å². The second-order valence-corrected chi connectivity index (χ2v) is 10.2. The number of fused-ring (bicyclic) bond motifs is 1. The highest BCUT2D eigenvalue weighted by molar-refractivity contribution is 5.62. The highest BCUT2D eigenvalue weighted by Gasteiger charge is 2.33. The molecule has 202 valence electrons. The minimum Gasteiger partial charge on any atom is -0.483 e. The summed E-state index contributed by atoms with van der Waals surface area (Å²) in [6.45, 7) is 3.96. The van der Waals surface area contributed by atoms with Gasteiger partial charge < -0.3 is 25.0 Å². The quantitative estimate of drug-likeness (QED) is 0.452. The monoisotopic (exact) mass is 525 g/mol. The van der Waals surface area contributed by atoms with Crippen molar-refractivity contribution in [3.05, 3.63) is 40.7 Å². The van der Waals surface area contributed by atoms with Crippen molar-refractivity contribution in [2.24, 2.45) is 13.0 Å². The zero-order valence-corrected chi connectivity index (χ0v) is 21.3. The van der Waals surface area contributed by atoms with Gasteiger partial charge in [-0.05, 0) is 73.3 Å². The molecule has 0 bridgehead atoms. The summed E-state index contributed by atoms with van der Waals surface area (Å²) < 4.78 is 28.1. The lowest BCUT2D eigenvalue weighted by Crippen LogP contribution is -2.49. The van der Waals surface area contributed by atoms with E-state index in [0.717, 1.165) is 35.1 Å². The predicted octanol–water partition coefficient (Wildman–Crippen LogP) is 2.09. The van der Waals surface area contributed by atoms with E-state index in [1.165, 1.54) is 32.7 Å². The molecular formula is C25H32FN9O3. The molecular weight excluding hydrogens is 493 g/mol. The normalized spacial score (nSPS) is 21.9. The summed E-state index contributed by atoms with van der Waals surface area (Å²) in [5, 5.41) is 14.1. The number of tetrazole rings is 1. The van der Waals surface area contributed by atoms with Gasteiger partial charge in [-0.25, -0.2) is 14.2 Å². The van der Waals surface area contributed by atoms with Gasteiger partial charge in [-0.3, -0.25) is 0 Å². The minimum absolute atomic E-state index is 0.0983. The van der Waals surface area contributed by atoms with Crippen LogP contribution < -0.4 is 21.1 Å². The average Bonchev–Trinajstić information content (AvgIpc) is 3.24. The van der Waals surface area contributed by atoms with Gasteiger partial charge in [0.05, 0.1) is 19.4 Å². The molecule has 2 N–H and O–H groups in total. The number of halogens is 1. The van der Waals surface area contributed by atoms with Crippen molar-refractivity contribution in [1.29, 1.82) is 0 Å². The Morgan fingerprint density at radius 3 is 2.82 bits per heavy atom. The molecule has 3 fully saturated rings. The molecule has 0 aliphatic carbocycles. The number of aryl methyl sites for hydroxylation is 1. The van der Waals surface area contributed by atoms with E-state index >= 15 is 0 Å². The molecule has 0 unspecified atom stereocenters. The van der Waals surface area contributed by atoms with Crippen molar-refractivity contribution in [3.63, 3.8) is 0 Å². The zero-order valence-electron chi connectivity index (χ0n) is 21.3. The first-order valence-electron chi connectivity index (χ1n) is 13.2. The van der Waals surface area contributed by atoms with E-state index in [4.69, 9.17) is 9.47 Å². The fourth-order valence-corrected chi connectivity index (χ4v) is 5.51. The van der Waals surface area contributed by atoms with Gasteiger partial charge in [0, 0.05) is 25.3 Å². The molecule has 3 saturated heterocycles. The Balaban J connectivity index is 1.20. The largest absolute Gasteiger partial charge is 0.483 e. The fourth-order valence-electron chi connectivity index (χ4n) is 5.51. The number of aromatic nitrogens is 6. The Labute approximate surface area is 219 Å². The molecule has 5 heterocycles. The van der Waals surface area contributed by atoms with Crippen molar-refractivity contribution in [2.45, 2.75) is 44.2 Å². The lowest BCUT2D eigenvalue weighted by Gasteiger charge is -2.44. The van der Waals surface area contributed by atoms with Crippen LogP contribution in [0, 0.1) is 11.7 Å². The number of benzene rings is 1. The van der Waals surface area contributed by atoms with Gasteiger partial charge in [-0.2, -0.15) is 14.3 Å². The number of hydrogen-bond acceptors (Lipinski definition) is 10. The SMILES string of the molecule is Cn1nnn(-c2cc(Nc3ncc(F)c(NC[C@@H]4CCCN5CCCC[C@H]45)n3)ccc2OC2COC2)c1=O. The smallest absolute Gasteiger partial charge is 0.368 e. The lowest BCUT2D eigenvalue weighted by molar-refractivity contribution is -0.0797. The molecule has 3 aliphatic heterocycles. The summed E-state index contributed by atoms with van der Waals surface area (Å²) in [7, 11) is 1.52. The van der Waals surface area contributed by atoms with Crippen LogP contribution >= 0.6 is 0 Å². The van der Waals surface area contributed by atoms with Crippen molar-refractivity contribution in [3.8, 4) is 11.4 Å². The first-order valence-corrected chi connectivity index (χ1v) is 13.2. The van der Waals surface area contributed by atoms with Crippen molar-refractivity contribution in [1.82, 2.24) is 34.7 Å². The predicted molar refractivity (Wildman–Crippen MR) is 138 cm³/mol. The molecule has 3 aromatic rings. The highest BCUT2D eigenvalue weighted by atomic mass is 19.1. The third-order valence-corrected chi connectivity index (χ3v) is 7.57. The van der Waals surface area contributed by atoms with Crippen LogP contribution in [0.2, 0.25) is 0 Å². The van der Waals surface area contributed by atoms with Gasteiger partial charge in [0.25, 0.3) is 0 Å². The molecule has 2 atom stereocenters. The van der Waals surface area contributed by atoms with Crippen LogP contribution in [0.25, 0.3) is 5.69 Å². The van der Waals surface area contributed by atoms with E-state index in [1.54, 1.807) is 18.2 Å². The fraction of sp³-hybridized carbons (Fsp3) is 0.560. The van der Waals surface area contributed by atoms with Crippen LogP contribution in [0.4, 0.5) is 21.8 Å². The van der Waals surface area contributed by atoms with E-state index in [-0.39, 0.29) is 17.9 Å². The minimum atomic E-state index is -0.495. The molecule has 38 heavy (non-hydrogen) atoms. The summed E-state index contributed by atoms with van der Waals surface area (Å²) >= 11 is 0. The Morgan fingerprint density at radius 2 is 2.03 bits per heavy atom. The van der Waals surface area contributed by atoms with Crippen LogP contribution in [-0.2, 0) is 11.8 Å². The summed E-state index contributed by atoms with van der Waals surface area (Å²) in [6.07, 6.45) is 7.10. The maximum absolute atomic E-state index is 14.6. The van der Waals surface area contributed by atoms with Gasteiger partial charge >= 0.3 is 5.69 Å². The number of nitrogens with zero attached hydrogens (tertiary/aromatic N) is 7. The van der Waals surface area contributed by atoms with Crippen LogP contribution in [0.1, 0.15) is 32.1 Å². The van der Waals surface area contributed by atoms with E-state index in [2.05, 4.69) is 35.9 Å². The summed E-state index contributed by atoms with van der Waals surface area (Å²) in [5.74, 6) is 0.848. The molecule has 3 aliphatic rings. The van der Waals surface area contributed by atoms with Crippen LogP contribution in [0.3, 0.4) is 0 Å². The molecule has 2 aromatic heterocycles. The Morgan fingerprint density at radius 1 is 1.16 bits per heavy atom. The maximum atomic E-state index is 14.6. The van der Waals surface area contributed by atoms with Gasteiger partial charge in [0.2, 0.25) is 5.95 Å². The Hall–Kier alpha value is -3.58. The van der Waals surface area contributed by atoms with Crippen molar-refractivity contribution >= 4 is 17.5 Å². The number of piperidine rings is 2. The highest BCUT2D eigenvalue weighted by Crippen LogP contribution is 2.32. The second-order valence-electron chi connectivity index (χ2n) is 10.2. The van der Waals surface area contributed by atoms with Crippen molar-refractivity contribution in [2.75, 3.05) is 43.5 Å². The average molecular weight is 526 g/mol. The number of rotatable bonds is 8. The molecule has 0 radical (unpaired) electrons. The van der Waals surface area contributed by atoms with Gasteiger partial charge in [-0.15, -0.1) is 0 Å². The molecule has 13 heteroatoms. The van der Waals surface area contributed by atoms with Crippen molar-refractivity contribution < 1.29 is 13.9 Å². The third kappa shape index (κ3) is 5.07. The first-order chi connectivity index (χ1) is 18.5. The van der Waals surface area contributed by atoms with Crippen LogP contribution in [0.5, 0.6) is 5.75 Å². The second kappa shape index (κ2) is 10.7. The first kappa shape index (κ1) is 24.7. The number of hydrogen-bond donors (Lipinski definition) is 2. The molecule has 6 rings (SSSR count). The number of ether oxygens (including phenoxy) is 2. The molecule has 0 saturated carbocycles. The number of anilines is 3. The molecule has 1 aromatic carbocycles. The third-order valence-electron chi connectivity index (χ3n) is 7.57.